The first-order valence-electron chi connectivity index (χ1n) is 10.1. The maximum absolute atomic E-state index is 11.9. The molecule has 176 valence electrons. The lowest BCUT2D eigenvalue weighted by atomic mass is 10.2. The van der Waals surface area contributed by atoms with Crippen molar-refractivity contribution in [2.24, 2.45) is 10.2 Å². The molecule has 10 nitrogen and oxygen atoms in total. The number of rotatable bonds is 12. The fourth-order valence-electron chi connectivity index (χ4n) is 2.75. The van der Waals surface area contributed by atoms with Gasteiger partial charge in [0, 0.05) is 12.8 Å². The van der Waals surface area contributed by atoms with Gasteiger partial charge in [-0.15, -0.1) is 0 Å². The van der Waals surface area contributed by atoms with E-state index in [1.54, 1.807) is 50.6 Å². The molecule has 0 atom stereocenters. The van der Waals surface area contributed by atoms with Gasteiger partial charge in [0.25, 0.3) is 0 Å². The van der Waals surface area contributed by atoms with E-state index in [4.69, 9.17) is 18.9 Å². The molecule has 2 amide bonds. The van der Waals surface area contributed by atoms with Gasteiger partial charge in [0.1, 0.15) is 0 Å². The Morgan fingerprint density at radius 2 is 1.09 bits per heavy atom. The Hall–Kier alpha value is -4.08. The van der Waals surface area contributed by atoms with Crippen LogP contribution in [0.1, 0.15) is 30.4 Å². The van der Waals surface area contributed by atoms with Gasteiger partial charge in [-0.25, -0.2) is 10.9 Å². The number of methoxy groups -OCH3 is 4. The molecule has 0 aliphatic heterocycles. The zero-order valence-electron chi connectivity index (χ0n) is 19.1. The molecule has 0 saturated heterocycles. The first-order chi connectivity index (χ1) is 16.0. The highest BCUT2D eigenvalue weighted by Gasteiger charge is 2.06. The van der Waals surface area contributed by atoms with Crippen LogP contribution in [0.5, 0.6) is 23.0 Å². The van der Waals surface area contributed by atoms with Crippen molar-refractivity contribution in [3.63, 3.8) is 0 Å². The number of carbonyl (C=O) groups excluding carboxylic acids is 2. The third kappa shape index (κ3) is 8.17. The van der Waals surface area contributed by atoms with Crippen LogP contribution in [0.3, 0.4) is 0 Å². The van der Waals surface area contributed by atoms with Crippen LogP contribution < -0.4 is 29.8 Å². The summed E-state index contributed by atoms with van der Waals surface area (Å²) in [5, 5.41) is 7.83. The molecule has 2 rings (SSSR count). The third-order valence-electron chi connectivity index (χ3n) is 4.43. The molecule has 0 saturated carbocycles. The molecule has 33 heavy (non-hydrogen) atoms. The van der Waals surface area contributed by atoms with Crippen LogP contribution in [-0.2, 0) is 9.59 Å². The van der Waals surface area contributed by atoms with Crippen molar-refractivity contribution in [1.29, 1.82) is 0 Å². The number of ether oxygens (including phenoxy) is 4. The van der Waals surface area contributed by atoms with Gasteiger partial charge in [0.05, 0.1) is 40.9 Å². The fourth-order valence-corrected chi connectivity index (χ4v) is 2.75. The molecule has 0 spiro atoms. The number of nitrogens with zero attached hydrogens (tertiary/aromatic N) is 2. The van der Waals surface area contributed by atoms with Crippen LogP contribution in [0.15, 0.2) is 46.6 Å². The van der Waals surface area contributed by atoms with Crippen LogP contribution in [-0.4, -0.2) is 52.7 Å². The molecular formula is C23H28N4O6. The molecule has 0 unspecified atom stereocenters. The van der Waals surface area contributed by atoms with E-state index in [-0.39, 0.29) is 24.7 Å². The Kier molecular flexibility index (Phi) is 10.2. The van der Waals surface area contributed by atoms with Gasteiger partial charge in [-0.05, 0) is 53.9 Å². The van der Waals surface area contributed by atoms with Crippen molar-refractivity contribution in [3.05, 3.63) is 47.5 Å². The Labute approximate surface area is 192 Å². The van der Waals surface area contributed by atoms with E-state index in [2.05, 4.69) is 21.1 Å². The summed E-state index contributed by atoms with van der Waals surface area (Å²) >= 11 is 0. The average molecular weight is 456 g/mol. The number of hydrazone groups is 2. The molecule has 2 N–H and O–H groups in total. The molecule has 0 aliphatic rings. The van der Waals surface area contributed by atoms with Gasteiger partial charge in [0.15, 0.2) is 23.0 Å². The number of benzene rings is 2. The topological polar surface area (TPSA) is 120 Å². The lowest BCUT2D eigenvalue weighted by Crippen LogP contribution is -2.20. The van der Waals surface area contributed by atoms with Crippen LogP contribution in [0.4, 0.5) is 0 Å². The maximum atomic E-state index is 11.9. The Morgan fingerprint density at radius 1 is 0.697 bits per heavy atom. The van der Waals surface area contributed by atoms with Gasteiger partial charge in [-0.2, -0.15) is 10.2 Å². The van der Waals surface area contributed by atoms with Crippen molar-refractivity contribution >= 4 is 24.2 Å². The average Bonchev–Trinajstić information content (AvgIpc) is 2.83. The lowest BCUT2D eigenvalue weighted by Gasteiger charge is -2.07. The molecule has 0 fully saturated rings. The van der Waals surface area contributed by atoms with Crippen LogP contribution in [0, 0.1) is 0 Å². The molecule has 0 aliphatic carbocycles. The smallest absolute Gasteiger partial charge is 0.240 e. The highest BCUT2D eigenvalue weighted by molar-refractivity contribution is 5.84. The first-order valence-corrected chi connectivity index (χ1v) is 10.1. The van der Waals surface area contributed by atoms with Gasteiger partial charge >= 0.3 is 0 Å². The second-order valence-electron chi connectivity index (χ2n) is 6.67. The largest absolute Gasteiger partial charge is 0.493 e. The number of hydrogen-bond donors (Lipinski definition) is 2. The molecule has 0 heterocycles. The second-order valence-corrected chi connectivity index (χ2v) is 6.67. The summed E-state index contributed by atoms with van der Waals surface area (Å²) in [4.78, 5) is 23.8. The number of carbonyl (C=O) groups is 2. The number of hydrogen-bond acceptors (Lipinski definition) is 8. The molecular weight excluding hydrogens is 428 g/mol. The summed E-state index contributed by atoms with van der Waals surface area (Å²) in [6.07, 6.45) is 3.65. The van der Waals surface area contributed by atoms with Gasteiger partial charge in [-0.3, -0.25) is 9.59 Å². The van der Waals surface area contributed by atoms with Crippen molar-refractivity contribution in [2.75, 3.05) is 28.4 Å². The molecule has 0 bridgehead atoms. The summed E-state index contributed by atoms with van der Waals surface area (Å²) in [6, 6.07) is 10.5. The Balaban J connectivity index is 1.71. The second kappa shape index (κ2) is 13.4. The minimum absolute atomic E-state index is 0.149. The van der Waals surface area contributed by atoms with E-state index < -0.39 is 0 Å². The van der Waals surface area contributed by atoms with Crippen molar-refractivity contribution < 1.29 is 28.5 Å². The van der Waals surface area contributed by atoms with Crippen molar-refractivity contribution in [2.45, 2.75) is 19.3 Å². The van der Waals surface area contributed by atoms with Crippen LogP contribution >= 0.6 is 0 Å². The van der Waals surface area contributed by atoms with E-state index >= 15 is 0 Å². The SMILES string of the molecule is COc1ccc(/C=N\NC(=O)CCCC(=O)N/N=C\c2ccc(OC)c(OC)c2)cc1OC. The normalized spacial score (nSPS) is 10.8. The molecule has 2 aromatic rings. The van der Waals surface area contributed by atoms with Crippen LogP contribution in [0.2, 0.25) is 0 Å². The summed E-state index contributed by atoms with van der Waals surface area (Å²) in [5.41, 5.74) is 6.33. The summed E-state index contributed by atoms with van der Waals surface area (Å²) < 4.78 is 20.8. The monoisotopic (exact) mass is 456 g/mol. The zero-order chi connectivity index (χ0) is 24.1. The number of nitrogens with one attached hydrogen (secondary N) is 2. The Morgan fingerprint density at radius 3 is 1.45 bits per heavy atom. The third-order valence-corrected chi connectivity index (χ3v) is 4.43. The molecule has 2 aromatic carbocycles. The van der Waals surface area contributed by atoms with Crippen molar-refractivity contribution in [1.82, 2.24) is 10.9 Å². The highest BCUT2D eigenvalue weighted by atomic mass is 16.5. The quantitative estimate of drug-likeness (QED) is 0.374. The van der Waals surface area contributed by atoms with Gasteiger partial charge in [-0.1, -0.05) is 0 Å². The standard InChI is InChI=1S/C23H28N4O6/c1-30-18-10-8-16(12-20(18)32-3)14-24-26-22(28)6-5-7-23(29)27-25-15-17-9-11-19(31-2)21(13-17)33-4/h8-15H,5-7H2,1-4H3,(H,26,28)(H,27,29)/b24-14-,25-15-. The highest BCUT2D eigenvalue weighted by Crippen LogP contribution is 2.27. The van der Waals surface area contributed by atoms with Crippen LogP contribution in [0.25, 0.3) is 0 Å². The summed E-state index contributed by atoms with van der Waals surface area (Å²) in [6.45, 7) is 0. The van der Waals surface area contributed by atoms with E-state index in [9.17, 15) is 9.59 Å². The van der Waals surface area contributed by atoms with E-state index in [1.807, 2.05) is 0 Å². The summed E-state index contributed by atoms with van der Waals surface area (Å²) in [5.74, 6) is 1.73. The predicted octanol–water partition coefficient (Wildman–Crippen LogP) is 2.49. The predicted molar refractivity (Wildman–Crippen MR) is 124 cm³/mol. The number of amides is 2. The fraction of sp³-hybridized carbons (Fsp3) is 0.304. The van der Waals surface area contributed by atoms with E-state index in [1.165, 1.54) is 26.6 Å². The van der Waals surface area contributed by atoms with E-state index in [0.717, 1.165) is 11.1 Å². The van der Waals surface area contributed by atoms with Gasteiger partial charge in [0.2, 0.25) is 11.8 Å². The summed E-state index contributed by atoms with van der Waals surface area (Å²) in [7, 11) is 6.18. The van der Waals surface area contributed by atoms with Crippen molar-refractivity contribution in [3.8, 4) is 23.0 Å². The minimum Gasteiger partial charge on any atom is -0.493 e. The zero-order valence-corrected chi connectivity index (χ0v) is 19.1. The molecule has 0 radical (unpaired) electrons. The lowest BCUT2D eigenvalue weighted by molar-refractivity contribution is -0.122. The van der Waals surface area contributed by atoms with Gasteiger partial charge < -0.3 is 18.9 Å². The maximum Gasteiger partial charge on any atom is 0.240 e. The first kappa shape index (κ1) is 25.2. The molecule has 0 aromatic heterocycles. The molecule has 10 heteroatoms. The Bertz CT molecular complexity index is 927. The van der Waals surface area contributed by atoms with E-state index in [0.29, 0.717) is 29.4 Å². The minimum atomic E-state index is -0.298.